The molecular formula is C7H16NO2P. The van der Waals surface area contributed by atoms with Crippen LogP contribution in [0.2, 0.25) is 0 Å². The fourth-order valence-electron chi connectivity index (χ4n) is 0.999. The largest absolute Gasteiger partial charge is 0.322 e. The summed E-state index contributed by atoms with van der Waals surface area (Å²) in [6.45, 7) is 8.02. The lowest BCUT2D eigenvalue weighted by Crippen LogP contribution is -2.22. The molecule has 1 saturated heterocycles. The average molecular weight is 177 g/mol. The Morgan fingerprint density at radius 3 is 2.18 bits per heavy atom. The van der Waals surface area contributed by atoms with E-state index in [0.717, 1.165) is 32.7 Å². The summed E-state index contributed by atoms with van der Waals surface area (Å²) in [6.07, 6.45) is 1.04. The van der Waals surface area contributed by atoms with Gasteiger partial charge in [0.25, 0.3) is 8.53 Å². The van der Waals surface area contributed by atoms with E-state index in [9.17, 15) is 0 Å². The fraction of sp³-hybridized carbons (Fsp3) is 1.00. The van der Waals surface area contributed by atoms with Gasteiger partial charge >= 0.3 is 0 Å². The molecule has 3 nitrogen and oxygen atoms in total. The van der Waals surface area contributed by atoms with Crippen LogP contribution < -0.4 is 0 Å². The van der Waals surface area contributed by atoms with Gasteiger partial charge in [-0.2, -0.15) is 0 Å². The van der Waals surface area contributed by atoms with E-state index in [-0.39, 0.29) is 0 Å². The Kier molecular flexibility index (Phi) is 4.31. The maximum atomic E-state index is 5.49. The normalized spacial score (nSPS) is 21.0. The SMILES string of the molecule is CCN(CC)P1OCCCO1. The van der Waals surface area contributed by atoms with E-state index in [0.29, 0.717) is 0 Å². The summed E-state index contributed by atoms with van der Waals surface area (Å²) >= 11 is 0. The van der Waals surface area contributed by atoms with Crippen molar-refractivity contribution in [2.24, 2.45) is 0 Å². The first kappa shape index (κ1) is 9.40. The van der Waals surface area contributed by atoms with Crippen LogP contribution >= 0.6 is 8.53 Å². The third-order valence-corrected chi connectivity index (χ3v) is 3.49. The molecule has 0 amide bonds. The Morgan fingerprint density at radius 1 is 1.18 bits per heavy atom. The van der Waals surface area contributed by atoms with E-state index in [1.807, 2.05) is 0 Å². The van der Waals surface area contributed by atoms with Crippen LogP contribution in [-0.4, -0.2) is 31.0 Å². The molecule has 0 aromatic heterocycles. The van der Waals surface area contributed by atoms with Gasteiger partial charge in [0.2, 0.25) is 0 Å². The van der Waals surface area contributed by atoms with Crippen LogP contribution in [0, 0.1) is 0 Å². The van der Waals surface area contributed by atoms with Crippen molar-refractivity contribution in [1.82, 2.24) is 4.67 Å². The molecule has 1 aliphatic heterocycles. The van der Waals surface area contributed by atoms with Crippen LogP contribution in [0.3, 0.4) is 0 Å². The summed E-state index contributed by atoms with van der Waals surface area (Å²) in [5.74, 6) is 0. The van der Waals surface area contributed by atoms with Gasteiger partial charge in [-0.15, -0.1) is 0 Å². The Balaban J connectivity index is 2.30. The minimum Gasteiger partial charge on any atom is -0.322 e. The van der Waals surface area contributed by atoms with Crippen molar-refractivity contribution in [2.75, 3.05) is 26.3 Å². The highest BCUT2D eigenvalue weighted by molar-refractivity contribution is 7.44. The lowest BCUT2D eigenvalue weighted by atomic mass is 10.5. The van der Waals surface area contributed by atoms with E-state index in [1.54, 1.807) is 0 Å². The van der Waals surface area contributed by atoms with E-state index < -0.39 is 8.53 Å². The molecule has 1 rings (SSSR count). The number of rotatable bonds is 3. The molecule has 1 fully saturated rings. The van der Waals surface area contributed by atoms with Crippen molar-refractivity contribution < 1.29 is 9.05 Å². The Morgan fingerprint density at radius 2 is 1.73 bits per heavy atom. The van der Waals surface area contributed by atoms with Gasteiger partial charge in [-0.05, 0) is 6.42 Å². The molecule has 1 heterocycles. The van der Waals surface area contributed by atoms with Crippen molar-refractivity contribution in [3.63, 3.8) is 0 Å². The predicted octanol–water partition coefficient (Wildman–Crippen LogP) is 1.99. The van der Waals surface area contributed by atoms with Gasteiger partial charge < -0.3 is 9.05 Å². The third-order valence-electron chi connectivity index (χ3n) is 1.65. The Hall–Kier alpha value is 0.310. The smallest absolute Gasteiger partial charge is 0.258 e. The van der Waals surface area contributed by atoms with Gasteiger partial charge in [-0.1, -0.05) is 13.8 Å². The molecule has 4 heteroatoms. The number of hydrogen-bond acceptors (Lipinski definition) is 3. The Bertz CT molecular complexity index is 103. The van der Waals surface area contributed by atoms with E-state index in [2.05, 4.69) is 18.5 Å². The molecule has 0 atom stereocenters. The lowest BCUT2D eigenvalue weighted by molar-refractivity contribution is 0.151. The Labute approximate surface area is 69.6 Å². The van der Waals surface area contributed by atoms with Crippen LogP contribution in [-0.2, 0) is 9.05 Å². The molecule has 0 bridgehead atoms. The van der Waals surface area contributed by atoms with E-state index in [4.69, 9.17) is 9.05 Å². The minimum atomic E-state index is -0.702. The van der Waals surface area contributed by atoms with Crippen molar-refractivity contribution in [1.29, 1.82) is 0 Å². The first-order valence-corrected chi connectivity index (χ1v) is 5.32. The van der Waals surface area contributed by atoms with Gasteiger partial charge in [0.15, 0.2) is 0 Å². The molecular weight excluding hydrogens is 161 g/mol. The molecule has 1 aliphatic rings. The highest BCUT2D eigenvalue weighted by Gasteiger charge is 2.21. The van der Waals surface area contributed by atoms with Gasteiger partial charge in [0.1, 0.15) is 0 Å². The molecule has 0 aliphatic carbocycles. The number of nitrogens with zero attached hydrogens (tertiary/aromatic N) is 1. The summed E-state index contributed by atoms with van der Waals surface area (Å²) in [4.78, 5) is 0. The molecule has 0 radical (unpaired) electrons. The summed E-state index contributed by atoms with van der Waals surface area (Å²) in [5.41, 5.74) is 0. The molecule has 0 spiro atoms. The minimum absolute atomic E-state index is 0.702. The highest BCUT2D eigenvalue weighted by atomic mass is 31.2. The summed E-state index contributed by atoms with van der Waals surface area (Å²) in [6, 6.07) is 0. The van der Waals surface area contributed by atoms with Gasteiger partial charge in [-0.25, -0.2) is 4.67 Å². The summed E-state index contributed by atoms with van der Waals surface area (Å²) in [5, 5.41) is 0. The van der Waals surface area contributed by atoms with Gasteiger partial charge in [0, 0.05) is 13.1 Å². The van der Waals surface area contributed by atoms with Crippen LogP contribution in [0.1, 0.15) is 20.3 Å². The topological polar surface area (TPSA) is 21.7 Å². The zero-order valence-electron chi connectivity index (χ0n) is 7.25. The molecule has 0 saturated carbocycles. The standard InChI is InChI=1S/C7H16NO2P/c1-3-8(4-2)11-9-6-5-7-10-11/h3-7H2,1-2H3. The molecule has 0 N–H and O–H groups in total. The third kappa shape index (κ3) is 2.68. The monoisotopic (exact) mass is 177 g/mol. The van der Waals surface area contributed by atoms with Gasteiger partial charge in [0.05, 0.1) is 13.2 Å². The average Bonchev–Trinajstić information content (AvgIpc) is 2.09. The molecule has 0 aromatic rings. The zero-order chi connectivity index (χ0) is 8.10. The highest BCUT2D eigenvalue weighted by Crippen LogP contribution is 2.44. The molecule has 11 heavy (non-hydrogen) atoms. The van der Waals surface area contributed by atoms with Crippen LogP contribution in [0.4, 0.5) is 0 Å². The molecule has 66 valence electrons. The van der Waals surface area contributed by atoms with Crippen LogP contribution in [0.5, 0.6) is 0 Å². The van der Waals surface area contributed by atoms with Crippen molar-refractivity contribution >= 4 is 8.53 Å². The number of hydrogen-bond donors (Lipinski definition) is 0. The predicted molar refractivity (Wildman–Crippen MR) is 46.4 cm³/mol. The zero-order valence-corrected chi connectivity index (χ0v) is 8.14. The van der Waals surface area contributed by atoms with Crippen LogP contribution in [0.25, 0.3) is 0 Å². The van der Waals surface area contributed by atoms with E-state index >= 15 is 0 Å². The van der Waals surface area contributed by atoms with Gasteiger partial charge in [-0.3, -0.25) is 0 Å². The maximum Gasteiger partial charge on any atom is 0.258 e. The van der Waals surface area contributed by atoms with Crippen molar-refractivity contribution in [2.45, 2.75) is 20.3 Å². The second kappa shape index (κ2) is 5.04. The molecule has 0 aromatic carbocycles. The van der Waals surface area contributed by atoms with Crippen molar-refractivity contribution in [3.8, 4) is 0 Å². The van der Waals surface area contributed by atoms with Crippen molar-refractivity contribution in [3.05, 3.63) is 0 Å². The lowest BCUT2D eigenvalue weighted by Gasteiger charge is -2.30. The summed E-state index contributed by atoms with van der Waals surface area (Å²) in [7, 11) is -0.702. The molecule has 0 unspecified atom stereocenters. The van der Waals surface area contributed by atoms with Crippen LogP contribution in [0.15, 0.2) is 0 Å². The maximum absolute atomic E-state index is 5.49. The van der Waals surface area contributed by atoms with E-state index in [1.165, 1.54) is 0 Å². The summed E-state index contributed by atoms with van der Waals surface area (Å²) < 4.78 is 13.2. The fourth-order valence-corrected chi connectivity index (χ4v) is 2.43. The second-order valence-corrected chi connectivity index (χ2v) is 3.95. The first-order valence-electron chi connectivity index (χ1n) is 4.19. The second-order valence-electron chi connectivity index (χ2n) is 2.40. The first-order chi connectivity index (χ1) is 5.38. The quantitative estimate of drug-likeness (QED) is 0.615.